The van der Waals surface area contributed by atoms with Crippen LogP contribution in [-0.4, -0.2) is 12.0 Å². The Morgan fingerprint density at radius 2 is 2.10 bits per heavy atom. The molecule has 1 aliphatic rings. The van der Waals surface area contributed by atoms with Crippen molar-refractivity contribution in [3.63, 3.8) is 0 Å². The lowest BCUT2D eigenvalue weighted by molar-refractivity contribution is 0.162. The minimum atomic E-state index is 0.758. The van der Waals surface area contributed by atoms with Crippen molar-refractivity contribution in [3.05, 3.63) is 0 Å². The van der Waals surface area contributed by atoms with Crippen LogP contribution >= 0.6 is 21.6 Å². The lowest BCUT2D eigenvalue weighted by Crippen LogP contribution is -2.30. The van der Waals surface area contributed by atoms with Gasteiger partial charge in [0.2, 0.25) is 0 Å². The van der Waals surface area contributed by atoms with Crippen LogP contribution in [0.3, 0.4) is 0 Å². The van der Waals surface area contributed by atoms with E-state index >= 15 is 0 Å². The van der Waals surface area contributed by atoms with Gasteiger partial charge in [0.1, 0.15) is 0 Å². The summed E-state index contributed by atoms with van der Waals surface area (Å²) in [6, 6.07) is 0. The first-order chi connectivity index (χ1) is 4.83. The summed E-state index contributed by atoms with van der Waals surface area (Å²) in [5, 5.41) is 0. The SMILES string of the molecule is CCC1(CSSC)CCC1. The van der Waals surface area contributed by atoms with E-state index in [4.69, 9.17) is 0 Å². The number of hydrogen-bond acceptors (Lipinski definition) is 2. The van der Waals surface area contributed by atoms with E-state index < -0.39 is 0 Å². The van der Waals surface area contributed by atoms with Crippen LogP contribution in [0.15, 0.2) is 0 Å². The van der Waals surface area contributed by atoms with Crippen LogP contribution in [0.4, 0.5) is 0 Å². The first kappa shape index (κ1) is 8.79. The predicted molar refractivity (Wildman–Crippen MR) is 52.5 cm³/mol. The summed E-state index contributed by atoms with van der Waals surface area (Å²) in [7, 11) is 3.94. The standard InChI is InChI=1S/C8H16S2/c1-3-8(5-4-6-8)7-10-9-2/h3-7H2,1-2H3. The third-order valence-electron chi connectivity index (χ3n) is 2.65. The second kappa shape index (κ2) is 3.91. The Kier molecular flexibility index (Phi) is 3.44. The summed E-state index contributed by atoms with van der Waals surface area (Å²) in [6.07, 6.45) is 8.00. The van der Waals surface area contributed by atoms with E-state index in [1.54, 1.807) is 0 Å². The minimum absolute atomic E-state index is 0.758. The predicted octanol–water partition coefficient (Wildman–Crippen LogP) is 3.58. The molecule has 0 nitrogen and oxygen atoms in total. The molecule has 60 valence electrons. The highest BCUT2D eigenvalue weighted by atomic mass is 33.1. The summed E-state index contributed by atoms with van der Waals surface area (Å²) in [4.78, 5) is 0. The van der Waals surface area contributed by atoms with Gasteiger partial charge in [0, 0.05) is 5.75 Å². The van der Waals surface area contributed by atoms with Crippen LogP contribution in [0, 0.1) is 5.41 Å². The van der Waals surface area contributed by atoms with Crippen molar-refractivity contribution in [1.29, 1.82) is 0 Å². The summed E-state index contributed by atoms with van der Waals surface area (Å²) >= 11 is 0. The molecule has 0 aliphatic heterocycles. The molecule has 10 heavy (non-hydrogen) atoms. The molecule has 0 aromatic heterocycles. The molecule has 0 bridgehead atoms. The molecule has 0 unspecified atom stereocenters. The van der Waals surface area contributed by atoms with Gasteiger partial charge in [0.25, 0.3) is 0 Å². The lowest BCUT2D eigenvalue weighted by Gasteiger charge is -2.40. The smallest absolute Gasteiger partial charge is 0.00934 e. The van der Waals surface area contributed by atoms with Crippen LogP contribution in [0.25, 0.3) is 0 Å². The van der Waals surface area contributed by atoms with Crippen molar-refractivity contribution in [2.24, 2.45) is 5.41 Å². The van der Waals surface area contributed by atoms with E-state index in [1.165, 1.54) is 31.4 Å². The molecule has 1 aliphatic carbocycles. The average molecular weight is 176 g/mol. The highest BCUT2D eigenvalue weighted by Gasteiger charge is 2.34. The fraction of sp³-hybridized carbons (Fsp3) is 1.00. The summed E-state index contributed by atoms with van der Waals surface area (Å²) < 4.78 is 0. The van der Waals surface area contributed by atoms with Gasteiger partial charge in [0.15, 0.2) is 0 Å². The Labute approximate surface area is 71.9 Å². The second-order valence-electron chi connectivity index (χ2n) is 3.14. The van der Waals surface area contributed by atoms with Gasteiger partial charge in [-0.3, -0.25) is 0 Å². The van der Waals surface area contributed by atoms with Crippen molar-refractivity contribution in [1.82, 2.24) is 0 Å². The molecule has 0 saturated heterocycles. The van der Waals surface area contributed by atoms with Gasteiger partial charge >= 0.3 is 0 Å². The molecule has 1 rings (SSSR count). The minimum Gasteiger partial charge on any atom is -0.0976 e. The van der Waals surface area contributed by atoms with Gasteiger partial charge in [-0.1, -0.05) is 34.9 Å². The average Bonchev–Trinajstić information content (AvgIpc) is 1.87. The summed E-state index contributed by atoms with van der Waals surface area (Å²) in [5.41, 5.74) is 0.758. The summed E-state index contributed by atoms with van der Waals surface area (Å²) in [5.74, 6) is 1.38. The first-order valence-electron chi connectivity index (χ1n) is 3.98. The topological polar surface area (TPSA) is 0 Å². The Morgan fingerprint density at radius 1 is 1.40 bits per heavy atom. The molecule has 2 heteroatoms. The van der Waals surface area contributed by atoms with Crippen LogP contribution < -0.4 is 0 Å². The van der Waals surface area contributed by atoms with Crippen molar-refractivity contribution >= 4 is 21.6 Å². The van der Waals surface area contributed by atoms with Crippen LogP contribution in [-0.2, 0) is 0 Å². The number of rotatable bonds is 4. The molecule has 1 fully saturated rings. The Hall–Kier alpha value is 0.700. The normalized spacial score (nSPS) is 22.2. The quantitative estimate of drug-likeness (QED) is 0.601. The van der Waals surface area contributed by atoms with Crippen molar-refractivity contribution in [2.75, 3.05) is 12.0 Å². The zero-order valence-electron chi connectivity index (χ0n) is 6.85. The van der Waals surface area contributed by atoms with E-state index in [1.807, 2.05) is 21.6 Å². The highest BCUT2D eigenvalue weighted by Crippen LogP contribution is 2.47. The molecule has 0 heterocycles. The van der Waals surface area contributed by atoms with Crippen LogP contribution in [0.5, 0.6) is 0 Å². The monoisotopic (exact) mass is 176 g/mol. The highest BCUT2D eigenvalue weighted by molar-refractivity contribution is 8.76. The fourth-order valence-electron chi connectivity index (χ4n) is 1.46. The van der Waals surface area contributed by atoms with Crippen molar-refractivity contribution in [3.8, 4) is 0 Å². The molecule has 0 spiro atoms. The molecule has 0 atom stereocenters. The first-order valence-corrected chi connectivity index (χ1v) is 6.71. The molecule has 1 saturated carbocycles. The Morgan fingerprint density at radius 3 is 2.40 bits per heavy atom. The van der Waals surface area contributed by atoms with Gasteiger partial charge in [-0.25, -0.2) is 0 Å². The van der Waals surface area contributed by atoms with Gasteiger partial charge < -0.3 is 0 Å². The summed E-state index contributed by atoms with van der Waals surface area (Å²) in [6.45, 7) is 2.33. The Balaban J connectivity index is 2.20. The molecular formula is C8H16S2. The lowest BCUT2D eigenvalue weighted by atomic mass is 9.69. The van der Waals surface area contributed by atoms with E-state index in [2.05, 4.69) is 13.2 Å². The van der Waals surface area contributed by atoms with Gasteiger partial charge in [-0.15, -0.1) is 0 Å². The fourth-order valence-corrected chi connectivity index (χ4v) is 3.42. The molecule has 0 aromatic carbocycles. The van der Waals surface area contributed by atoms with Gasteiger partial charge in [0.05, 0.1) is 0 Å². The number of hydrogen-bond donors (Lipinski definition) is 0. The van der Waals surface area contributed by atoms with Crippen LogP contribution in [0.2, 0.25) is 0 Å². The van der Waals surface area contributed by atoms with E-state index in [0.29, 0.717) is 0 Å². The maximum Gasteiger partial charge on any atom is 0.00934 e. The maximum atomic E-state index is 2.33. The maximum absolute atomic E-state index is 2.33. The third kappa shape index (κ3) is 1.85. The third-order valence-corrected chi connectivity index (χ3v) is 4.67. The van der Waals surface area contributed by atoms with E-state index in [-0.39, 0.29) is 0 Å². The zero-order valence-corrected chi connectivity index (χ0v) is 8.49. The van der Waals surface area contributed by atoms with Gasteiger partial charge in [-0.05, 0) is 30.9 Å². The van der Waals surface area contributed by atoms with E-state index in [0.717, 1.165) is 5.41 Å². The largest absolute Gasteiger partial charge is 0.0976 e. The molecule has 0 amide bonds. The molecule has 0 radical (unpaired) electrons. The van der Waals surface area contributed by atoms with E-state index in [9.17, 15) is 0 Å². The molecular weight excluding hydrogens is 160 g/mol. The Bertz CT molecular complexity index is 91.9. The second-order valence-corrected chi connectivity index (χ2v) is 5.70. The van der Waals surface area contributed by atoms with Crippen molar-refractivity contribution in [2.45, 2.75) is 32.6 Å². The zero-order chi connectivity index (χ0) is 7.45. The van der Waals surface area contributed by atoms with Gasteiger partial charge in [-0.2, -0.15) is 0 Å². The molecule has 0 aromatic rings. The molecule has 0 N–H and O–H groups in total. The van der Waals surface area contributed by atoms with Crippen molar-refractivity contribution < 1.29 is 0 Å². The van der Waals surface area contributed by atoms with Crippen LogP contribution in [0.1, 0.15) is 32.6 Å².